The lowest BCUT2D eigenvalue weighted by Crippen LogP contribution is -2.43. The van der Waals surface area contributed by atoms with E-state index >= 15 is 0 Å². The lowest BCUT2D eigenvalue weighted by molar-refractivity contribution is -0.118. The SMILES string of the molecule is COc1ccc2c(c1)N(C(=O)CCN)C(C)CS2. The van der Waals surface area contributed by atoms with Gasteiger partial charge in [-0.2, -0.15) is 0 Å². The zero-order valence-corrected chi connectivity index (χ0v) is 11.5. The minimum Gasteiger partial charge on any atom is -0.497 e. The molecule has 5 heteroatoms. The van der Waals surface area contributed by atoms with Crippen molar-refractivity contribution >= 4 is 23.4 Å². The highest BCUT2D eigenvalue weighted by Gasteiger charge is 2.28. The highest BCUT2D eigenvalue weighted by molar-refractivity contribution is 7.99. The highest BCUT2D eigenvalue weighted by atomic mass is 32.2. The standard InChI is InChI=1S/C13H18N2O2S/c1-9-8-18-12-4-3-10(17-2)7-11(12)15(9)13(16)5-6-14/h3-4,7,9H,5-6,8,14H2,1-2H3. The Morgan fingerprint density at radius 3 is 3.06 bits per heavy atom. The molecule has 0 fully saturated rings. The van der Waals surface area contributed by atoms with Crippen molar-refractivity contribution in [2.75, 3.05) is 24.3 Å². The van der Waals surface area contributed by atoms with E-state index in [4.69, 9.17) is 10.5 Å². The summed E-state index contributed by atoms with van der Waals surface area (Å²) in [4.78, 5) is 15.1. The van der Waals surface area contributed by atoms with Crippen LogP contribution in [0.2, 0.25) is 0 Å². The monoisotopic (exact) mass is 266 g/mol. The minimum atomic E-state index is 0.0832. The van der Waals surface area contributed by atoms with Crippen molar-refractivity contribution in [2.45, 2.75) is 24.3 Å². The summed E-state index contributed by atoms with van der Waals surface area (Å²) in [5.41, 5.74) is 6.42. The van der Waals surface area contributed by atoms with Crippen molar-refractivity contribution in [2.24, 2.45) is 5.73 Å². The summed E-state index contributed by atoms with van der Waals surface area (Å²) >= 11 is 1.77. The van der Waals surface area contributed by atoms with Crippen molar-refractivity contribution in [3.05, 3.63) is 18.2 Å². The molecule has 4 nitrogen and oxygen atoms in total. The number of ether oxygens (including phenoxy) is 1. The summed E-state index contributed by atoms with van der Waals surface area (Å²) in [5, 5.41) is 0. The molecule has 0 radical (unpaired) electrons. The Labute approximate surface area is 111 Å². The van der Waals surface area contributed by atoms with Crippen molar-refractivity contribution in [1.29, 1.82) is 0 Å². The van der Waals surface area contributed by atoms with Gasteiger partial charge in [0.05, 0.1) is 12.8 Å². The zero-order valence-electron chi connectivity index (χ0n) is 10.7. The number of rotatable bonds is 3. The third-order valence-electron chi connectivity index (χ3n) is 2.97. The molecule has 1 unspecified atom stereocenters. The van der Waals surface area contributed by atoms with E-state index in [1.165, 1.54) is 0 Å². The van der Waals surface area contributed by atoms with Gasteiger partial charge in [0.25, 0.3) is 0 Å². The van der Waals surface area contributed by atoms with Crippen LogP contribution in [0.15, 0.2) is 23.1 Å². The summed E-state index contributed by atoms with van der Waals surface area (Å²) in [5.74, 6) is 1.77. The molecule has 1 aliphatic rings. The number of thioether (sulfide) groups is 1. The molecule has 0 spiro atoms. The Kier molecular flexibility index (Phi) is 4.14. The maximum absolute atomic E-state index is 12.2. The summed E-state index contributed by atoms with van der Waals surface area (Å²) in [6.07, 6.45) is 0.381. The summed E-state index contributed by atoms with van der Waals surface area (Å²) in [6.45, 7) is 2.44. The number of nitrogens with two attached hydrogens (primary N) is 1. The molecule has 1 atom stereocenters. The molecule has 0 aliphatic carbocycles. The largest absolute Gasteiger partial charge is 0.497 e. The molecular formula is C13H18N2O2S. The summed E-state index contributed by atoms with van der Waals surface area (Å²) < 4.78 is 5.23. The molecular weight excluding hydrogens is 248 g/mol. The lowest BCUT2D eigenvalue weighted by Gasteiger charge is -2.35. The van der Waals surface area contributed by atoms with E-state index in [-0.39, 0.29) is 11.9 Å². The Morgan fingerprint density at radius 1 is 1.61 bits per heavy atom. The molecule has 0 saturated heterocycles. The third-order valence-corrected chi connectivity index (χ3v) is 4.28. The molecule has 1 aromatic rings. The smallest absolute Gasteiger partial charge is 0.228 e. The second-order valence-electron chi connectivity index (χ2n) is 4.30. The topological polar surface area (TPSA) is 55.6 Å². The van der Waals surface area contributed by atoms with Gasteiger partial charge in [0.1, 0.15) is 5.75 Å². The number of nitrogens with zero attached hydrogens (tertiary/aromatic N) is 1. The molecule has 2 rings (SSSR count). The van der Waals surface area contributed by atoms with E-state index in [2.05, 4.69) is 6.92 Å². The van der Waals surface area contributed by atoms with Gasteiger partial charge in [-0.15, -0.1) is 11.8 Å². The van der Waals surface area contributed by atoms with Crippen LogP contribution in [0, 0.1) is 0 Å². The van der Waals surface area contributed by atoms with Gasteiger partial charge in [0, 0.05) is 35.7 Å². The number of carbonyl (C=O) groups excluding carboxylic acids is 1. The van der Waals surface area contributed by atoms with Gasteiger partial charge in [-0.1, -0.05) is 0 Å². The molecule has 0 bridgehead atoms. The number of hydrogen-bond acceptors (Lipinski definition) is 4. The van der Waals surface area contributed by atoms with Crippen molar-refractivity contribution in [3.63, 3.8) is 0 Å². The van der Waals surface area contributed by atoms with Crippen LogP contribution in [0.1, 0.15) is 13.3 Å². The van der Waals surface area contributed by atoms with Crippen LogP contribution in [0.4, 0.5) is 5.69 Å². The summed E-state index contributed by atoms with van der Waals surface area (Å²) in [7, 11) is 1.63. The van der Waals surface area contributed by atoms with E-state index in [1.807, 2.05) is 23.1 Å². The average molecular weight is 266 g/mol. The fourth-order valence-corrected chi connectivity index (χ4v) is 3.12. The van der Waals surface area contributed by atoms with Gasteiger partial charge in [-0.05, 0) is 19.1 Å². The number of methoxy groups -OCH3 is 1. The maximum Gasteiger partial charge on any atom is 0.228 e. The number of hydrogen-bond donors (Lipinski definition) is 1. The van der Waals surface area contributed by atoms with Crippen LogP contribution in [0.5, 0.6) is 5.75 Å². The molecule has 18 heavy (non-hydrogen) atoms. The Hall–Kier alpha value is -1.20. The predicted octanol–water partition coefficient (Wildman–Crippen LogP) is 1.87. The zero-order chi connectivity index (χ0) is 13.1. The molecule has 0 saturated carbocycles. The average Bonchev–Trinajstić information content (AvgIpc) is 2.38. The summed E-state index contributed by atoms with van der Waals surface area (Å²) in [6, 6.07) is 6.04. The van der Waals surface area contributed by atoms with Crippen LogP contribution < -0.4 is 15.4 Å². The Morgan fingerprint density at radius 2 is 2.39 bits per heavy atom. The van der Waals surface area contributed by atoms with E-state index in [0.29, 0.717) is 13.0 Å². The van der Waals surface area contributed by atoms with E-state index in [9.17, 15) is 4.79 Å². The van der Waals surface area contributed by atoms with E-state index < -0.39 is 0 Å². The number of carbonyl (C=O) groups is 1. The Bertz CT molecular complexity index is 451. The van der Waals surface area contributed by atoms with Gasteiger partial charge < -0.3 is 15.4 Å². The van der Waals surface area contributed by atoms with Crippen molar-refractivity contribution < 1.29 is 9.53 Å². The fraction of sp³-hybridized carbons (Fsp3) is 0.462. The number of amides is 1. The van der Waals surface area contributed by atoms with E-state index in [0.717, 1.165) is 22.1 Å². The fourth-order valence-electron chi connectivity index (χ4n) is 2.08. The molecule has 1 heterocycles. The van der Waals surface area contributed by atoms with Crippen LogP contribution in [-0.2, 0) is 4.79 Å². The first-order valence-corrected chi connectivity index (χ1v) is 6.99. The van der Waals surface area contributed by atoms with Gasteiger partial charge >= 0.3 is 0 Å². The molecule has 1 amide bonds. The maximum atomic E-state index is 12.2. The van der Waals surface area contributed by atoms with Crippen molar-refractivity contribution in [3.8, 4) is 5.75 Å². The quantitative estimate of drug-likeness (QED) is 0.907. The second kappa shape index (κ2) is 5.63. The highest BCUT2D eigenvalue weighted by Crippen LogP contribution is 2.39. The van der Waals surface area contributed by atoms with Crippen LogP contribution >= 0.6 is 11.8 Å². The van der Waals surface area contributed by atoms with Gasteiger partial charge in [-0.25, -0.2) is 0 Å². The van der Waals surface area contributed by atoms with Crippen LogP contribution in [0.3, 0.4) is 0 Å². The predicted molar refractivity (Wildman–Crippen MR) is 74.3 cm³/mol. The first-order chi connectivity index (χ1) is 8.67. The number of anilines is 1. The normalized spacial score (nSPS) is 18.4. The number of benzene rings is 1. The van der Waals surface area contributed by atoms with Gasteiger partial charge in [0.15, 0.2) is 0 Å². The molecule has 1 aromatic carbocycles. The van der Waals surface area contributed by atoms with Crippen molar-refractivity contribution in [1.82, 2.24) is 0 Å². The number of fused-ring (bicyclic) bond motifs is 1. The first-order valence-electron chi connectivity index (χ1n) is 6.00. The minimum absolute atomic E-state index is 0.0832. The molecule has 2 N–H and O–H groups in total. The van der Waals surface area contributed by atoms with Gasteiger partial charge in [-0.3, -0.25) is 4.79 Å². The van der Waals surface area contributed by atoms with Crippen LogP contribution in [0.25, 0.3) is 0 Å². The van der Waals surface area contributed by atoms with E-state index in [1.54, 1.807) is 18.9 Å². The molecule has 98 valence electrons. The third kappa shape index (κ3) is 2.47. The lowest BCUT2D eigenvalue weighted by atomic mass is 10.2. The molecule has 0 aromatic heterocycles. The van der Waals surface area contributed by atoms with Crippen LogP contribution in [-0.4, -0.2) is 31.4 Å². The first kappa shape index (κ1) is 13.2. The Balaban J connectivity index is 2.38. The van der Waals surface area contributed by atoms with Gasteiger partial charge in [0.2, 0.25) is 5.91 Å². The second-order valence-corrected chi connectivity index (χ2v) is 5.36. The molecule has 1 aliphatic heterocycles.